The summed E-state index contributed by atoms with van der Waals surface area (Å²) in [6, 6.07) is 2.24. The van der Waals surface area contributed by atoms with Crippen molar-refractivity contribution in [2.24, 2.45) is 0 Å². The number of hydrogen-bond acceptors (Lipinski definition) is 5. The third kappa shape index (κ3) is 2.76. The average molecular weight is 249 g/mol. The van der Waals surface area contributed by atoms with Crippen LogP contribution in [0.4, 0.5) is 5.82 Å². The van der Waals surface area contributed by atoms with Crippen LogP contribution in [0.5, 0.6) is 0 Å². The van der Waals surface area contributed by atoms with Crippen molar-refractivity contribution in [2.75, 3.05) is 19.0 Å². The van der Waals surface area contributed by atoms with Crippen molar-refractivity contribution in [1.29, 1.82) is 0 Å². The fourth-order valence-corrected chi connectivity index (χ4v) is 1.99. The average Bonchev–Trinajstić information content (AvgIpc) is 2.77. The molecule has 0 saturated heterocycles. The van der Waals surface area contributed by atoms with E-state index in [-0.39, 0.29) is 6.04 Å². The van der Waals surface area contributed by atoms with Gasteiger partial charge in [-0.2, -0.15) is 14.6 Å². The van der Waals surface area contributed by atoms with Gasteiger partial charge in [0.25, 0.3) is 5.78 Å². The zero-order valence-corrected chi connectivity index (χ0v) is 11.1. The summed E-state index contributed by atoms with van der Waals surface area (Å²) >= 11 is 0. The van der Waals surface area contributed by atoms with Crippen LogP contribution in [0.2, 0.25) is 0 Å². The van der Waals surface area contributed by atoms with Crippen molar-refractivity contribution < 1.29 is 4.74 Å². The maximum Gasteiger partial charge on any atom is 0.254 e. The molecule has 0 saturated carbocycles. The van der Waals surface area contributed by atoms with Gasteiger partial charge in [0.15, 0.2) is 0 Å². The summed E-state index contributed by atoms with van der Waals surface area (Å²) in [7, 11) is 1.72. The lowest BCUT2D eigenvalue weighted by Crippen LogP contribution is -2.26. The Kier molecular flexibility index (Phi) is 4.09. The highest BCUT2D eigenvalue weighted by Gasteiger charge is 2.11. The number of ether oxygens (including phenoxy) is 1. The summed E-state index contributed by atoms with van der Waals surface area (Å²) in [5.41, 5.74) is 0.922. The molecule has 0 aliphatic heterocycles. The van der Waals surface area contributed by atoms with Gasteiger partial charge >= 0.3 is 0 Å². The van der Waals surface area contributed by atoms with Crippen LogP contribution in [0.25, 0.3) is 5.78 Å². The van der Waals surface area contributed by atoms with Crippen LogP contribution >= 0.6 is 0 Å². The minimum absolute atomic E-state index is 0.272. The van der Waals surface area contributed by atoms with Gasteiger partial charge in [-0.05, 0) is 13.3 Å². The molecule has 1 atom stereocenters. The molecular weight excluding hydrogens is 230 g/mol. The highest BCUT2D eigenvalue weighted by atomic mass is 16.5. The molecule has 0 radical (unpaired) electrons. The number of nitrogens with zero attached hydrogens (tertiary/aromatic N) is 4. The Morgan fingerprint density at radius 3 is 3.06 bits per heavy atom. The highest BCUT2D eigenvalue weighted by molar-refractivity contribution is 5.45. The summed E-state index contributed by atoms with van der Waals surface area (Å²) < 4.78 is 6.94. The molecule has 0 spiro atoms. The molecular formula is C12H19N5O. The van der Waals surface area contributed by atoms with Crippen molar-refractivity contribution in [3.05, 3.63) is 18.1 Å². The van der Waals surface area contributed by atoms with Crippen LogP contribution in [0.15, 0.2) is 12.4 Å². The number of fused-ring (bicyclic) bond motifs is 1. The zero-order valence-electron chi connectivity index (χ0n) is 11.1. The van der Waals surface area contributed by atoms with E-state index in [9.17, 15) is 0 Å². The summed E-state index contributed by atoms with van der Waals surface area (Å²) in [5.74, 6) is 1.52. The summed E-state index contributed by atoms with van der Waals surface area (Å²) in [4.78, 5) is 8.42. The Hall–Kier alpha value is -1.69. The first-order chi connectivity index (χ1) is 8.74. The predicted octanol–water partition coefficient (Wildman–Crippen LogP) is 1.66. The fraction of sp³-hybridized carbons (Fsp3) is 0.583. The summed E-state index contributed by atoms with van der Waals surface area (Å²) in [6.45, 7) is 4.78. The van der Waals surface area contributed by atoms with Crippen LogP contribution in [0.1, 0.15) is 25.5 Å². The minimum atomic E-state index is 0.272. The normalized spacial score (nSPS) is 12.8. The highest BCUT2D eigenvalue weighted by Crippen LogP contribution is 2.13. The lowest BCUT2D eigenvalue weighted by Gasteiger charge is -2.18. The molecule has 0 aliphatic carbocycles. The monoisotopic (exact) mass is 249 g/mol. The van der Waals surface area contributed by atoms with Gasteiger partial charge in [-0.25, -0.2) is 4.98 Å². The molecule has 0 amide bonds. The van der Waals surface area contributed by atoms with Crippen molar-refractivity contribution >= 4 is 11.6 Å². The third-order valence-electron chi connectivity index (χ3n) is 2.74. The Labute approximate surface area is 106 Å². The first-order valence-corrected chi connectivity index (χ1v) is 6.17. The Morgan fingerprint density at radius 1 is 1.50 bits per heavy atom. The van der Waals surface area contributed by atoms with Gasteiger partial charge in [0.1, 0.15) is 12.1 Å². The molecule has 2 heterocycles. The first-order valence-electron chi connectivity index (χ1n) is 6.17. The lowest BCUT2D eigenvalue weighted by atomic mass is 10.2. The number of aromatic nitrogens is 4. The maximum atomic E-state index is 5.23. The van der Waals surface area contributed by atoms with Gasteiger partial charge in [0.05, 0.1) is 12.6 Å². The van der Waals surface area contributed by atoms with Crippen molar-refractivity contribution in [3.8, 4) is 0 Å². The topological polar surface area (TPSA) is 64.3 Å². The molecule has 1 unspecified atom stereocenters. The molecule has 18 heavy (non-hydrogen) atoms. The number of aryl methyl sites for hydroxylation is 1. The van der Waals surface area contributed by atoms with Crippen molar-refractivity contribution in [2.45, 2.75) is 32.7 Å². The van der Waals surface area contributed by atoms with E-state index >= 15 is 0 Å². The Balaban J connectivity index is 2.26. The van der Waals surface area contributed by atoms with Crippen LogP contribution in [-0.2, 0) is 4.74 Å². The van der Waals surface area contributed by atoms with E-state index in [2.05, 4.69) is 27.3 Å². The zero-order chi connectivity index (χ0) is 13.0. The molecule has 2 rings (SSSR count). The molecule has 6 heteroatoms. The van der Waals surface area contributed by atoms with E-state index in [1.165, 1.54) is 6.33 Å². The van der Waals surface area contributed by atoms with Crippen molar-refractivity contribution in [1.82, 2.24) is 19.6 Å². The van der Waals surface area contributed by atoms with Crippen LogP contribution in [-0.4, -0.2) is 39.3 Å². The molecule has 2 aromatic rings. The summed E-state index contributed by atoms with van der Waals surface area (Å²) in [5, 5.41) is 7.62. The standard InChI is InChI=1S/C12H19N5O/c1-4-5-10(7-18-3)16-11-6-9(2)15-12-13-8-14-17(11)12/h6,8,10,16H,4-5,7H2,1-3H3. The van der Waals surface area contributed by atoms with E-state index in [0.717, 1.165) is 24.4 Å². The second-order valence-electron chi connectivity index (χ2n) is 4.34. The van der Waals surface area contributed by atoms with E-state index in [0.29, 0.717) is 12.4 Å². The van der Waals surface area contributed by atoms with Gasteiger partial charge in [-0.3, -0.25) is 0 Å². The largest absolute Gasteiger partial charge is 0.383 e. The van der Waals surface area contributed by atoms with Gasteiger partial charge in [-0.15, -0.1) is 0 Å². The van der Waals surface area contributed by atoms with Gasteiger partial charge in [0.2, 0.25) is 0 Å². The lowest BCUT2D eigenvalue weighted by molar-refractivity contribution is 0.182. The second kappa shape index (κ2) is 5.77. The number of methoxy groups -OCH3 is 1. The smallest absolute Gasteiger partial charge is 0.254 e. The molecule has 0 fully saturated rings. The quantitative estimate of drug-likeness (QED) is 0.843. The number of nitrogens with one attached hydrogen (secondary N) is 1. The molecule has 0 bridgehead atoms. The van der Waals surface area contributed by atoms with Crippen LogP contribution in [0, 0.1) is 6.92 Å². The predicted molar refractivity (Wildman–Crippen MR) is 69.7 cm³/mol. The third-order valence-corrected chi connectivity index (χ3v) is 2.74. The van der Waals surface area contributed by atoms with Crippen LogP contribution < -0.4 is 5.32 Å². The van der Waals surface area contributed by atoms with E-state index in [1.54, 1.807) is 11.6 Å². The second-order valence-corrected chi connectivity index (χ2v) is 4.34. The SMILES string of the molecule is CCCC(COC)Nc1cc(C)nc2ncnn12. The molecule has 0 aliphatic rings. The van der Waals surface area contributed by atoms with E-state index in [4.69, 9.17) is 4.74 Å². The molecule has 1 N–H and O–H groups in total. The van der Waals surface area contributed by atoms with Gasteiger partial charge in [0, 0.05) is 18.9 Å². The minimum Gasteiger partial charge on any atom is -0.383 e. The van der Waals surface area contributed by atoms with Gasteiger partial charge < -0.3 is 10.1 Å². The summed E-state index contributed by atoms with van der Waals surface area (Å²) in [6.07, 6.45) is 3.66. The maximum absolute atomic E-state index is 5.23. The van der Waals surface area contributed by atoms with E-state index in [1.807, 2.05) is 13.0 Å². The molecule has 0 aromatic carbocycles. The first kappa shape index (κ1) is 12.8. The van der Waals surface area contributed by atoms with E-state index < -0.39 is 0 Å². The van der Waals surface area contributed by atoms with Gasteiger partial charge in [-0.1, -0.05) is 13.3 Å². The number of rotatable bonds is 6. The molecule has 98 valence electrons. The fourth-order valence-electron chi connectivity index (χ4n) is 1.99. The number of hydrogen-bond donors (Lipinski definition) is 1. The Morgan fingerprint density at radius 2 is 2.33 bits per heavy atom. The molecule has 2 aromatic heterocycles. The van der Waals surface area contributed by atoms with Crippen molar-refractivity contribution in [3.63, 3.8) is 0 Å². The Bertz CT molecular complexity index is 504. The number of anilines is 1. The van der Waals surface area contributed by atoms with Crippen LogP contribution in [0.3, 0.4) is 0 Å². The molecule has 6 nitrogen and oxygen atoms in total.